The van der Waals surface area contributed by atoms with Crippen LogP contribution in [0.15, 0.2) is 146 Å². The molecule has 0 spiro atoms. The summed E-state index contributed by atoms with van der Waals surface area (Å²) < 4.78 is 2.50. The number of benzene rings is 6. The van der Waals surface area contributed by atoms with Crippen molar-refractivity contribution in [3.63, 3.8) is 0 Å². The molecule has 5 heteroatoms. The zero-order chi connectivity index (χ0) is 28.6. The van der Waals surface area contributed by atoms with E-state index < -0.39 is 0 Å². The van der Waals surface area contributed by atoms with Crippen LogP contribution in [0.3, 0.4) is 0 Å². The van der Waals surface area contributed by atoms with Gasteiger partial charge in [0.05, 0.1) is 0 Å². The molecule has 2 aromatic heterocycles. The molecule has 0 fully saturated rings. The SMILES string of the molecule is c1ccc(-c2nc(-c3ccccc3)nc(-c3ccccc3-c3ccc4ccc5[se]c(-c6ccccc6)nc5c4c3)n2)cc1. The van der Waals surface area contributed by atoms with Gasteiger partial charge in [-0.25, -0.2) is 0 Å². The van der Waals surface area contributed by atoms with Gasteiger partial charge < -0.3 is 0 Å². The van der Waals surface area contributed by atoms with Crippen LogP contribution in [0.2, 0.25) is 0 Å². The number of nitrogens with zero attached hydrogens (tertiary/aromatic N) is 4. The van der Waals surface area contributed by atoms with Crippen LogP contribution in [0, 0.1) is 0 Å². The van der Waals surface area contributed by atoms with E-state index in [0.29, 0.717) is 17.5 Å². The predicted octanol–water partition coefficient (Wildman–Crippen LogP) is 8.96. The molecule has 43 heavy (non-hydrogen) atoms. The van der Waals surface area contributed by atoms with E-state index in [4.69, 9.17) is 19.9 Å². The maximum atomic E-state index is 5.17. The van der Waals surface area contributed by atoms with Gasteiger partial charge in [0.1, 0.15) is 0 Å². The van der Waals surface area contributed by atoms with Crippen molar-refractivity contribution in [1.82, 2.24) is 19.9 Å². The van der Waals surface area contributed by atoms with Crippen molar-refractivity contribution in [2.75, 3.05) is 0 Å². The van der Waals surface area contributed by atoms with Crippen LogP contribution in [0.25, 0.3) is 76.0 Å². The summed E-state index contributed by atoms with van der Waals surface area (Å²) in [6.07, 6.45) is 0. The van der Waals surface area contributed by atoms with Crippen LogP contribution >= 0.6 is 0 Å². The number of fused-ring (bicyclic) bond motifs is 3. The summed E-state index contributed by atoms with van der Waals surface area (Å²) in [7, 11) is 0. The molecule has 0 radical (unpaired) electrons. The van der Waals surface area contributed by atoms with Gasteiger partial charge in [-0.3, -0.25) is 0 Å². The van der Waals surface area contributed by atoms with E-state index in [1.807, 2.05) is 66.7 Å². The summed E-state index contributed by atoms with van der Waals surface area (Å²) in [6, 6.07) is 50.2. The number of aromatic nitrogens is 4. The third kappa shape index (κ3) is 4.85. The fourth-order valence-electron chi connectivity index (χ4n) is 5.44. The molecule has 6 aromatic carbocycles. The smallest absolute Gasteiger partial charge is 0.0615 e. The van der Waals surface area contributed by atoms with E-state index in [1.165, 1.54) is 25.2 Å². The Labute approximate surface area is 255 Å². The molecule has 202 valence electrons. The predicted molar refractivity (Wildman–Crippen MR) is 177 cm³/mol. The topological polar surface area (TPSA) is 51.6 Å². The average molecular weight is 616 g/mol. The van der Waals surface area contributed by atoms with E-state index >= 15 is 0 Å². The second-order valence-corrected chi connectivity index (χ2v) is 12.5. The van der Waals surface area contributed by atoms with Crippen molar-refractivity contribution in [3.8, 4) is 55.4 Å². The Morgan fingerprint density at radius 1 is 0.395 bits per heavy atom. The van der Waals surface area contributed by atoms with Crippen molar-refractivity contribution in [2.45, 2.75) is 0 Å². The summed E-state index contributed by atoms with van der Waals surface area (Å²) in [5, 5.41) is 2.36. The molecule has 4 nitrogen and oxygen atoms in total. The van der Waals surface area contributed by atoms with Crippen molar-refractivity contribution >= 4 is 35.1 Å². The molecule has 0 N–H and O–H groups in total. The number of hydrogen-bond acceptors (Lipinski definition) is 4. The Balaban J connectivity index is 1.30. The monoisotopic (exact) mass is 616 g/mol. The Morgan fingerprint density at radius 3 is 1.58 bits per heavy atom. The number of rotatable bonds is 5. The molecule has 0 aliphatic carbocycles. The zero-order valence-corrected chi connectivity index (χ0v) is 24.8. The van der Waals surface area contributed by atoms with Crippen LogP contribution in [0.1, 0.15) is 0 Å². The molecule has 2 heterocycles. The molecule has 0 atom stereocenters. The molecule has 0 saturated heterocycles. The first-order chi connectivity index (χ1) is 21.3. The van der Waals surface area contributed by atoms with Crippen LogP contribution in [0.4, 0.5) is 0 Å². The van der Waals surface area contributed by atoms with E-state index in [2.05, 4.69) is 78.9 Å². The van der Waals surface area contributed by atoms with E-state index in [1.54, 1.807) is 0 Å². The Morgan fingerprint density at radius 2 is 0.930 bits per heavy atom. The fourth-order valence-corrected chi connectivity index (χ4v) is 7.51. The maximum absolute atomic E-state index is 5.17. The molecular formula is C38H24N4Se. The standard InChI is InChI=1S/C38H24N4Se/c1-4-12-26(13-5-1)35-40-36(27-14-6-2-7-15-27)42-37(41-35)31-19-11-10-18-30(31)29-21-20-25-22-23-33-34(32(25)24-29)39-38(43-33)28-16-8-3-9-17-28/h1-24H. The molecule has 0 bridgehead atoms. The van der Waals surface area contributed by atoms with Gasteiger partial charge in [0.2, 0.25) is 0 Å². The van der Waals surface area contributed by atoms with Crippen molar-refractivity contribution in [1.29, 1.82) is 0 Å². The Kier molecular flexibility index (Phi) is 6.45. The van der Waals surface area contributed by atoms with Crippen molar-refractivity contribution in [3.05, 3.63) is 146 Å². The summed E-state index contributed by atoms with van der Waals surface area (Å²) in [4.78, 5) is 20.1. The minimum Gasteiger partial charge on any atom is -0.0615 e. The summed E-state index contributed by atoms with van der Waals surface area (Å²) in [6.45, 7) is 0. The van der Waals surface area contributed by atoms with E-state index in [9.17, 15) is 0 Å². The first kappa shape index (κ1) is 25.5. The molecule has 0 unspecified atom stereocenters. The minimum atomic E-state index is 0.172. The van der Waals surface area contributed by atoms with Crippen molar-refractivity contribution in [2.24, 2.45) is 0 Å². The third-order valence-corrected chi connectivity index (χ3v) is 9.82. The van der Waals surface area contributed by atoms with Crippen LogP contribution < -0.4 is 0 Å². The summed E-state index contributed by atoms with van der Waals surface area (Å²) >= 11 is 0.172. The summed E-state index contributed by atoms with van der Waals surface area (Å²) in [5.41, 5.74) is 7.34. The van der Waals surface area contributed by atoms with Gasteiger partial charge in [0.15, 0.2) is 0 Å². The molecule has 0 aliphatic heterocycles. The number of hydrogen-bond donors (Lipinski definition) is 0. The van der Waals surface area contributed by atoms with Gasteiger partial charge in [-0.15, -0.1) is 0 Å². The first-order valence-corrected chi connectivity index (χ1v) is 15.9. The molecule has 0 saturated carbocycles. The molecule has 8 aromatic rings. The Hall–Kier alpha value is -5.22. The second-order valence-electron chi connectivity index (χ2n) is 10.3. The van der Waals surface area contributed by atoms with Gasteiger partial charge in [-0.05, 0) is 0 Å². The third-order valence-electron chi connectivity index (χ3n) is 7.58. The first-order valence-electron chi connectivity index (χ1n) is 14.2. The minimum absolute atomic E-state index is 0.172. The van der Waals surface area contributed by atoms with E-state index in [-0.39, 0.29) is 14.5 Å². The molecule has 0 aliphatic rings. The summed E-state index contributed by atoms with van der Waals surface area (Å²) in [5.74, 6) is 1.95. The van der Waals surface area contributed by atoms with Crippen molar-refractivity contribution < 1.29 is 0 Å². The molecular weight excluding hydrogens is 591 g/mol. The van der Waals surface area contributed by atoms with Crippen LogP contribution in [0.5, 0.6) is 0 Å². The quantitative estimate of drug-likeness (QED) is 0.181. The second kappa shape index (κ2) is 10.9. The molecule has 0 amide bonds. The average Bonchev–Trinajstić information content (AvgIpc) is 3.54. The fraction of sp³-hybridized carbons (Fsp3) is 0. The van der Waals surface area contributed by atoms with Gasteiger partial charge in [0, 0.05) is 0 Å². The van der Waals surface area contributed by atoms with Gasteiger partial charge in [-0.2, -0.15) is 0 Å². The normalized spacial score (nSPS) is 11.3. The van der Waals surface area contributed by atoms with Gasteiger partial charge >= 0.3 is 220 Å². The van der Waals surface area contributed by atoms with Crippen LogP contribution in [-0.4, -0.2) is 34.4 Å². The Bertz CT molecular complexity index is 2170. The van der Waals surface area contributed by atoms with Gasteiger partial charge in [-0.1, -0.05) is 36.4 Å². The zero-order valence-electron chi connectivity index (χ0n) is 23.1. The molecule has 8 rings (SSSR count). The van der Waals surface area contributed by atoms with Gasteiger partial charge in [0.25, 0.3) is 0 Å². The van der Waals surface area contributed by atoms with Crippen LogP contribution in [-0.2, 0) is 0 Å². The van der Waals surface area contributed by atoms with E-state index in [0.717, 1.165) is 33.3 Å².